The summed E-state index contributed by atoms with van der Waals surface area (Å²) in [5, 5.41) is 14.4. The molecule has 7 rings (SSSR count). The van der Waals surface area contributed by atoms with Crippen LogP contribution in [0.15, 0.2) is 24.3 Å². The van der Waals surface area contributed by atoms with Gasteiger partial charge in [-0.1, -0.05) is 18.2 Å². The van der Waals surface area contributed by atoms with Crippen LogP contribution >= 0.6 is 0 Å². The molecule has 3 aliphatic heterocycles. The maximum Gasteiger partial charge on any atom is 0.311 e. The highest BCUT2D eigenvalue weighted by Crippen LogP contribution is 2.74. The molecule has 3 saturated carbocycles. The van der Waals surface area contributed by atoms with Gasteiger partial charge in [-0.3, -0.25) is 9.59 Å². The van der Waals surface area contributed by atoms with Crippen LogP contribution in [0.2, 0.25) is 0 Å². The maximum atomic E-state index is 13.2. The minimum absolute atomic E-state index is 0.0202. The fraction of sp³-hybridized carbons (Fsp3) is 0.619. The predicted molar refractivity (Wildman–Crippen MR) is 96.8 cm³/mol. The number of anilines is 1. The Hall–Kier alpha value is -2.08. The molecule has 0 aromatic heterocycles. The lowest BCUT2D eigenvalue weighted by Gasteiger charge is -2.68. The summed E-state index contributed by atoms with van der Waals surface area (Å²) in [5.41, 5.74) is 1.05. The number of benzene rings is 1. The predicted octanol–water partition coefficient (Wildman–Crippen LogP) is 1.77. The molecule has 1 amide bonds. The number of para-hydroxylation sites is 1. The van der Waals surface area contributed by atoms with Gasteiger partial charge in [0.05, 0.1) is 30.0 Å². The minimum Gasteiger partial charge on any atom is -0.469 e. The number of carbonyl (C=O) groups is 2. The van der Waals surface area contributed by atoms with Crippen molar-refractivity contribution in [2.45, 2.75) is 61.7 Å². The Kier molecular flexibility index (Phi) is 2.75. The summed E-state index contributed by atoms with van der Waals surface area (Å²) in [4.78, 5) is 27.9. The zero-order valence-corrected chi connectivity index (χ0v) is 15.4. The first-order valence-electron chi connectivity index (χ1n) is 9.94. The molecule has 5 fully saturated rings. The summed E-state index contributed by atoms with van der Waals surface area (Å²) in [5.74, 6) is -0.431. The summed E-state index contributed by atoms with van der Waals surface area (Å²) in [6.07, 6.45) is 3.65. The van der Waals surface area contributed by atoms with Crippen molar-refractivity contribution in [1.29, 1.82) is 0 Å². The summed E-state index contributed by atoms with van der Waals surface area (Å²) in [7, 11) is 1.46. The summed E-state index contributed by atoms with van der Waals surface area (Å²) >= 11 is 0. The second kappa shape index (κ2) is 4.66. The summed E-state index contributed by atoms with van der Waals surface area (Å²) in [6.45, 7) is 0. The smallest absolute Gasteiger partial charge is 0.311 e. The zero-order chi connectivity index (χ0) is 18.6. The molecule has 3 spiro atoms. The van der Waals surface area contributed by atoms with Crippen LogP contribution in [-0.2, 0) is 19.7 Å². The third-order valence-corrected chi connectivity index (χ3v) is 8.53. The number of fused-ring (bicyclic) bond motifs is 3. The van der Waals surface area contributed by atoms with Crippen LogP contribution in [0.5, 0.6) is 0 Å². The van der Waals surface area contributed by atoms with E-state index in [1.807, 2.05) is 12.1 Å². The van der Waals surface area contributed by atoms with Gasteiger partial charge in [-0.2, -0.15) is 0 Å². The number of nitrogens with one attached hydrogen (secondary N) is 1. The van der Waals surface area contributed by atoms with Crippen LogP contribution in [0, 0.1) is 11.3 Å². The topological polar surface area (TPSA) is 78.9 Å². The fourth-order valence-corrected chi connectivity index (χ4v) is 7.76. The average molecular weight is 368 g/mol. The van der Waals surface area contributed by atoms with Crippen molar-refractivity contribution in [3.8, 4) is 0 Å². The van der Waals surface area contributed by atoms with Crippen molar-refractivity contribution in [3.63, 3.8) is 0 Å². The normalized spacial score (nSPS) is 45.8. The molecule has 27 heavy (non-hydrogen) atoms. The lowest BCUT2D eigenvalue weighted by Crippen LogP contribution is -2.77. The molecule has 6 atom stereocenters. The minimum atomic E-state index is -0.715. The third kappa shape index (κ3) is 1.49. The molecule has 2 saturated heterocycles. The molecular weight excluding hydrogens is 344 g/mol. The Morgan fingerprint density at radius 2 is 2.11 bits per heavy atom. The van der Waals surface area contributed by atoms with Crippen molar-refractivity contribution >= 4 is 17.6 Å². The molecule has 2 N–H and O–H groups in total. The quantitative estimate of drug-likeness (QED) is 0.739. The van der Waals surface area contributed by atoms with Gasteiger partial charge in [0.2, 0.25) is 5.91 Å². The van der Waals surface area contributed by atoms with E-state index in [1.165, 1.54) is 7.11 Å². The van der Waals surface area contributed by atoms with E-state index in [9.17, 15) is 14.7 Å². The second-order valence-corrected chi connectivity index (χ2v) is 9.16. The molecule has 6 heteroatoms. The third-order valence-electron chi connectivity index (χ3n) is 8.53. The van der Waals surface area contributed by atoms with Gasteiger partial charge in [-0.05, 0) is 49.1 Å². The van der Waals surface area contributed by atoms with Gasteiger partial charge in [-0.15, -0.1) is 0 Å². The largest absolute Gasteiger partial charge is 0.469 e. The number of ether oxygens (including phenoxy) is 1. The lowest BCUT2D eigenvalue weighted by molar-refractivity contribution is -0.193. The molecule has 3 aliphatic carbocycles. The number of carbonyl (C=O) groups excluding carboxylic acids is 2. The van der Waals surface area contributed by atoms with Crippen LogP contribution < -0.4 is 5.32 Å². The molecule has 1 aromatic rings. The highest BCUT2D eigenvalue weighted by molar-refractivity contribution is 5.89. The van der Waals surface area contributed by atoms with Crippen molar-refractivity contribution in [2.75, 3.05) is 12.4 Å². The molecular formula is C21H24N2O4. The van der Waals surface area contributed by atoms with Gasteiger partial charge < -0.3 is 20.1 Å². The highest BCUT2D eigenvalue weighted by Gasteiger charge is 2.81. The molecule has 142 valence electrons. The number of aliphatic hydroxyl groups excluding tert-OH is 1. The number of esters is 1. The Balaban J connectivity index is 1.67. The van der Waals surface area contributed by atoms with Crippen molar-refractivity contribution in [2.24, 2.45) is 11.3 Å². The van der Waals surface area contributed by atoms with E-state index in [-0.39, 0.29) is 29.3 Å². The zero-order valence-electron chi connectivity index (χ0n) is 15.4. The van der Waals surface area contributed by atoms with Gasteiger partial charge in [0, 0.05) is 12.1 Å². The highest BCUT2D eigenvalue weighted by atomic mass is 16.5. The van der Waals surface area contributed by atoms with Crippen LogP contribution in [0.4, 0.5) is 5.69 Å². The number of rotatable bonds is 1. The number of piperidine rings is 1. The summed E-state index contributed by atoms with van der Waals surface area (Å²) < 4.78 is 5.24. The number of aliphatic hydroxyl groups is 1. The van der Waals surface area contributed by atoms with E-state index >= 15 is 0 Å². The van der Waals surface area contributed by atoms with Crippen LogP contribution in [0.1, 0.15) is 44.1 Å². The Labute approximate surface area is 157 Å². The van der Waals surface area contributed by atoms with Gasteiger partial charge in [0.25, 0.3) is 0 Å². The van der Waals surface area contributed by atoms with E-state index in [0.29, 0.717) is 12.8 Å². The Morgan fingerprint density at radius 1 is 1.30 bits per heavy atom. The molecule has 3 heterocycles. The van der Waals surface area contributed by atoms with E-state index in [0.717, 1.165) is 36.9 Å². The van der Waals surface area contributed by atoms with Crippen molar-refractivity contribution in [1.82, 2.24) is 4.90 Å². The fourth-order valence-electron chi connectivity index (χ4n) is 7.76. The number of hydrogen-bond donors (Lipinski definition) is 2. The maximum absolute atomic E-state index is 13.2. The molecule has 6 nitrogen and oxygen atoms in total. The van der Waals surface area contributed by atoms with Crippen LogP contribution in [-0.4, -0.2) is 46.8 Å². The standard InChI is InChI=1S/C21H24N2O4/c1-27-17(26)13-10-19-7-6-15(24)23-16(25)11-20(18(19)23)12-4-2-3-5-14(12)22-21(13,20)9-8-19/h2-5,13,15,18,22,24H,6-11H2,1H3/t13-,15-,18+,19+,20-,21+/m1/s1. The second-order valence-electron chi connectivity index (χ2n) is 9.16. The molecule has 0 radical (unpaired) electrons. The Bertz CT molecular complexity index is 887. The van der Waals surface area contributed by atoms with Gasteiger partial charge in [0.1, 0.15) is 6.23 Å². The van der Waals surface area contributed by atoms with Crippen LogP contribution in [0.25, 0.3) is 0 Å². The SMILES string of the molecule is COC(=O)[C@H]1C[C@]23CC[C@@H](O)N4C(=O)C[C@@]5(c6ccccc6N[C@@]15CC2)[C@@H]43. The van der Waals surface area contributed by atoms with E-state index in [4.69, 9.17) is 4.74 Å². The average Bonchev–Trinajstić information content (AvgIpc) is 3.17. The van der Waals surface area contributed by atoms with Crippen LogP contribution in [0.3, 0.4) is 0 Å². The number of nitrogens with zero attached hydrogens (tertiary/aromatic N) is 1. The molecule has 0 unspecified atom stereocenters. The van der Waals surface area contributed by atoms with Gasteiger partial charge in [0.15, 0.2) is 0 Å². The van der Waals surface area contributed by atoms with E-state index < -0.39 is 17.2 Å². The summed E-state index contributed by atoms with van der Waals surface area (Å²) in [6, 6.07) is 8.13. The first-order valence-corrected chi connectivity index (χ1v) is 9.94. The van der Waals surface area contributed by atoms with Crippen molar-refractivity contribution < 1.29 is 19.4 Å². The molecule has 6 aliphatic rings. The first kappa shape index (κ1) is 15.9. The number of methoxy groups -OCH3 is 1. The lowest BCUT2D eigenvalue weighted by atomic mass is 9.39. The van der Waals surface area contributed by atoms with Gasteiger partial charge in [-0.25, -0.2) is 0 Å². The first-order chi connectivity index (χ1) is 13.0. The Morgan fingerprint density at radius 3 is 2.93 bits per heavy atom. The van der Waals surface area contributed by atoms with Gasteiger partial charge >= 0.3 is 5.97 Å². The molecule has 2 bridgehead atoms. The number of hydrogen-bond acceptors (Lipinski definition) is 5. The number of amides is 1. The van der Waals surface area contributed by atoms with E-state index in [1.54, 1.807) is 4.90 Å². The van der Waals surface area contributed by atoms with E-state index in [2.05, 4.69) is 17.4 Å². The van der Waals surface area contributed by atoms with Crippen molar-refractivity contribution in [3.05, 3.63) is 29.8 Å². The monoisotopic (exact) mass is 368 g/mol. The molecule has 1 aromatic carbocycles.